The molecule has 3 rings (SSSR count). The third kappa shape index (κ3) is 4.51. The first-order chi connectivity index (χ1) is 12.9. The van der Waals surface area contributed by atoms with Gasteiger partial charge in [0, 0.05) is 16.9 Å². The molecule has 0 aliphatic rings. The van der Waals surface area contributed by atoms with Crippen molar-refractivity contribution in [2.45, 2.75) is 13.8 Å². The second-order valence-electron chi connectivity index (χ2n) is 6.37. The van der Waals surface area contributed by atoms with Crippen molar-refractivity contribution in [3.05, 3.63) is 83.4 Å². The molecule has 5 heteroatoms. The van der Waals surface area contributed by atoms with Crippen LogP contribution < -0.4 is 16.4 Å². The molecule has 3 aromatic rings. The van der Waals surface area contributed by atoms with Gasteiger partial charge < -0.3 is 16.4 Å². The summed E-state index contributed by atoms with van der Waals surface area (Å²) >= 11 is 4.87. The Kier molecular flexibility index (Phi) is 5.52. The van der Waals surface area contributed by atoms with Crippen LogP contribution in [0.1, 0.15) is 21.5 Å². The molecule has 4 N–H and O–H groups in total. The molecule has 3 aromatic carbocycles. The van der Waals surface area contributed by atoms with Gasteiger partial charge in [-0.1, -0.05) is 42.5 Å². The molecule has 0 fully saturated rings. The predicted molar refractivity (Wildman–Crippen MR) is 116 cm³/mol. The standard InChI is InChI=1S/C22H21N3OS/c1-14-12-19(24-22(23)27)13-15(2)20(14)25-21(26)18-10-8-17(9-11-18)16-6-4-3-5-7-16/h3-13H,1-2H3,(H,25,26)(H3,23,24,27). The van der Waals surface area contributed by atoms with E-state index >= 15 is 0 Å². The fraction of sp³-hybridized carbons (Fsp3) is 0.0909. The lowest BCUT2D eigenvalue weighted by Crippen LogP contribution is -2.19. The second-order valence-corrected chi connectivity index (χ2v) is 6.81. The van der Waals surface area contributed by atoms with Gasteiger partial charge in [-0.25, -0.2) is 0 Å². The van der Waals surface area contributed by atoms with E-state index in [0.717, 1.165) is 33.6 Å². The summed E-state index contributed by atoms with van der Waals surface area (Å²) in [6.07, 6.45) is 0. The first-order valence-corrected chi connectivity index (χ1v) is 8.99. The highest BCUT2D eigenvalue weighted by atomic mass is 32.1. The first-order valence-electron chi connectivity index (χ1n) is 8.58. The third-order valence-corrected chi connectivity index (χ3v) is 4.40. The number of carbonyl (C=O) groups is 1. The number of rotatable bonds is 4. The molecule has 0 atom stereocenters. The molecule has 0 saturated heterocycles. The Hall–Kier alpha value is -3.18. The van der Waals surface area contributed by atoms with Crippen LogP contribution in [0.3, 0.4) is 0 Å². The number of benzene rings is 3. The summed E-state index contributed by atoms with van der Waals surface area (Å²) in [5.41, 5.74) is 11.8. The van der Waals surface area contributed by atoms with Crippen LogP contribution in [-0.2, 0) is 0 Å². The van der Waals surface area contributed by atoms with E-state index in [1.54, 1.807) is 0 Å². The van der Waals surface area contributed by atoms with Crippen molar-refractivity contribution < 1.29 is 4.79 Å². The Morgan fingerprint density at radius 2 is 1.41 bits per heavy atom. The van der Waals surface area contributed by atoms with Crippen molar-refractivity contribution in [3.63, 3.8) is 0 Å². The van der Waals surface area contributed by atoms with E-state index in [9.17, 15) is 4.79 Å². The number of anilines is 2. The molecule has 0 radical (unpaired) electrons. The number of aryl methyl sites for hydroxylation is 2. The Bertz CT molecular complexity index is 959. The van der Waals surface area contributed by atoms with Gasteiger partial charge in [0.1, 0.15) is 0 Å². The van der Waals surface area contributed by atoms with Crippen LogP contribution in [0.25, 0.3) is 11.1 Å². The van der Waals surface area contributed by atoms with E-state index in [4.69, 9.17) is 18.0 Å². The summed E-state index contributed by atoms with van der Waals surface area (Å²) in [6.45, 7) is 3.87. The topological polar surface area (TPSA) is 67.2 Å². The normalized spacial score (nSPS) is 10.3. The minimum Gasteiger partial charge on any atom is -0.376 e. The predicted octanol–water partition coefficient (Wildman–Crippen LogP) is 4.88. The van der Waals surface area contributed by atoms with E-state index in [1.807, 2.05) is 80.6 Å². The maximum absolute atomic E-state index is 12.7. The van der Waals surface area contributed by atoms with Crippen molar-refractivity contribution in [2.24, 2.45) is 5.73 Å². The van der Waals surface area contributed by atoms with Crippen molar-refractivity contribution in [1.29, 1.82) is 0 Å². The van der Waals surface area contributed by atoms with Crippen LogP contribution in [0.2, 0.25) is 0 Å². The van der Waals surface area contributed by atoms with Crippen molar-refractivity contribution >= 4 is 34.6 Å². The smallest absolute Gasteiger partial charge is 0.255 e. The number of nitrogens with one attached hydrogen (secondary N) is 2. The molecule has 0 saturated carbocycles. The molecule has 0 heterocycles. The highest BCUT2D eigenvalue weighted by Crippen LogP contribution is 2.26. The van der Waals surface area contributed by atoms with Crippen LogP contribution in [0.5, 0.6) is 0 Å². The number of nitrogens with two attached hydrogens (primary N) is 1. The van der Waals surface area contributed by atoms with E-state index < -0.39 is 0 Å². The van der Waals surface area contributed by atoms with Crippen LogP contribution in [-0.4, -0.2) is 11.0 Å². The molecule has 1 amide bonds. The maximum atomic E-state index is 12.7. The molecule has 0 aliphatic heterocycles. The second kappa shape index (κ2) is 8.01. The quantitative estimate of drug-likeness (QED) is 0.569. The summed E-state index contributed by atoms with van der Waals surface area (Å²) in [6, 6.07) is 21.5. The van der Waals surface area contributed by atoms with Crippen molar-refractivity contribution in [2.75, 3.05) is 10.6 Å². The maximum Gasteiger partial charge on any atom is 0.255 e. The van der Waals surface area contributed by atoms with Crippen LogP contribution in [0.15, 0.2) is 66.7 Å². The van der Waals surface area contributed by atoms with Gasteiger partial charge in [0.05, 0.1) is 0 Å². The Labute approximate surface area is 164 Å². The lowest BCUT2D eigenvalue weighted by molar-refractivity contribution is 0.102. The van der Waals surface area contributed by atoms with Gasteiger partial charge in [0.15, 0.2) is 5.11 Å². The number of thiocarbonyl (C=S) groups is 1. The Balaban J connectivity index is 1.78. The van der Waals surface area contributed by atoms with E-state index in [0.29, 0.717) is 5.56 Å². The Morgan fingerprint density at radius 1 is 0.852 bits per heavy atom. The van der Waals surface area contributed by atoms with Gasteiger partial charge in [-0.2, -0.15) is 0 Å². The van der Waals surface area contributed by atoms with Crippen LogP contribution >= 0.6 is 12.2 Å². The minimum absolute atomic E-state index is 0.143. The molecule has 0 aromatic heterocycles. The van der Waals surface area contributed by atoms with E-state index in [-0.39, 0.29) is 11.0 Å². The minimum atomic E-state index is -0.143. The zero-order chi connectivity index (χ0) is 19.4. The fourth-order valence-electron chi connectivity index (χ4n) is 3.01. The van der Waals surface area contributed by atoms with E-state index in [1.165, 1.54) is 0 Å². The van der Waals surface area contributed by atoms with Gasteiger partial charge in [0.25, 0.3) is 5.91 Å². The lowest BCUT2D eigenvalue weighted by atomic mass is 10.0. The molecule has 0 bridgehead atoms. The van der Waals surface area contributed by atoms with Gasteiger partial charge >= 0.3 is 0 Å². The molecule has 0 aliphatic carbocycles. The molecule has 0 spiro atoms. The first kappa shape index (κ1) is 18.6. The fourth-order valence-corrected chi connectivity index (χ4v) is 3.12. The molecule has 136 valence electrons. The number of hydrogen-bond acceptors (Lipinski definition) is 2. The average molecular weight is 375 g/mol. The van der Waals surface area contributed by atoms with Crippen molar-refractivity contribution in [1.82, 2.24) is 0 Å². The van der Waals surface area contributed by atoms with Crippen LogP contribution in [0, 0.1) is 13.8 Å². The summed E-state index contributed by atoms with van der Waals surface area (Å²) in [5, 5.41) is 6.13. The monoisotopic (exact) mass is 375 g/mol. The zero-order valence-electron chi connectivity index (χ0n) is 15.2. The third-order valence-electron chi connectivity index (χ3n) is 4.29. The number of amides is 1. The van der Waals surface area contributed by atoms with Gasteiger partial charge in [-0.15, -0.1) is 0 Å². The molecular weight excluding hydrogens is 354 g/mol. The van der Waals surface area contributed by atoms with Gasteiger partial charge in [-0.05, 0) is 72.6 Å². The SMILES string of the molecule is Cc1cc(NC(N)=S)cc(C)c1NC(=O)c1ccc(-c2ccccc2)cc1. The van der Waals surface area contributed by atoms with Gasteiger partial charge in [0.2, 0.25) is 0 Å². The largest absolute Gasteiger partial charge is 0.376 e. The van der Waals surface area contributed by atoms with E-state index in [2.05, 4.69) is 10.6 Å². The summed E-state index contributed by atoms with van der Waals surface area (Å²) < 4.78 is 0. The zero-order valence-corrected chi connectivity index (χ0v) is 16.1. The molecule has 27 heavy (non-hydrogen) atoms. The number of hydrogen-bond donors (Lipinski definition) is 3. The Morgan fingerprint density at radius 3 is 1.96 bits per heavy atom. The highest BCUT2D eigenvalue weighted by molar-refractivity contribution is 7.80. The molecule has 4 nitrogen and oxygen atoms in total. The van der Waals surface area contributed by atoms with Crippen LogP contribution in [0.4, 0.5) is 11.4 Å². The average Bonchev–Trinajstić information content (AvgIpc) is 2.65. The van der Waals surface area contributed by atoms with Gasteiger partial charge in [-0.3, -0.25) is 4.79 Å². The lowest BCUT2D eigenvalue weighted by Gasteiger charge is -2.15. The summed E-state index contributed by atoms with van der Waals surface area (Å²) in [7, 11) is 0. The number of carbonyl (C=O) groups excluding carboxylic acids is 1. The summed E-state index contributed by atoms with van der Waals surface area (Å²) in [5.74, 6) is -0.143. The summed E-state index contributed by atoms with van der Waals surface area (Å²) in [4.78, 5) is 12.7. The molecular formula is C22H21N3OS. The molecule has 0 unspecified atom stereocenters. The van der Waals surface area contributed by atoms with Crippen molar-refractivity contribution in [3.8, 4) is 11.1 Å². The highest BCUT2D eigenvalue weighted by Gasteiger charge is 2.11.